The number of nitrogens with two attached hydrogens (primary N) is 1. The number of ether oxygens (including phenoxy) is 2. The molecule has 0 saturated heterocycles. The van der Waals surface area contributed by atoms with Gasteiger partial charge in [0, 0.05) is 35.8 Å². The Balaban J connectivity index is 1.36. The summed E-state index contributed by atoms with van der Waals surface area (Å²) in [6.45, 7) is 2.79. The van der Waals surface area contributed by atoms with Crippen molar-refractivity contribution in [1.82, 2.24) is 29.9 Å². The Labute approximate surface area is 208 Å². The molecule has 1 fully saturated rings. The molecule has 3 N–H and O–H groups in total. The topological polar surface area (TPSA) is 130 Å². The van der Waals surface area contributed by atoms with E-state index >= 15 is 0 Å². The van der Waals surface area contributed by atoms with E-state index in [0.29, 0.717) is 29.6 Å². The van der Waals surface area contributed by atoms with E-state index in [1.54, 1.807) is 23.0 Å². The van der Waals surface area contributed by atoms with Crippen LogP contribution in [-0.4, -0.2) is 44.2 Å². The fraction of sp³-hybridized carbons (Fsp3) is 0.346. The zero-order chi connectivity index (χ0) is 25.1. The molecule has 4 aromatic rings. The van der Waals surface area contributed by atoms with Gasteiger partial charge in [0.15, 0.2) is 5.65 Å². The van der Waals surface area contributed by atoms with Crippen LogP contribution < -0.4 is 20.5 Å². The first-order valence-corrected chi connectivity index (χ1v) is 12.0. The second-order valence-corrected chi connectivity index (χ2v) is 8.98. The van der Waals surface area contributed by atoms with Crippen molar-refractivity contribution in [2.24, 2.45) is 5.92 Å². The average Bonchev–Trinajstić information content (AvgIpc) is 3.54. The highest BCUT2D eigenvalue weighted by molar-refractivity contribution is 5.97. The van der Waals surface area contributed by atoms with Crippen LogP contribution in [0.1, 0.15) is 47.3 Å². The third kappa shape index (κ3) is 4.93. The first kappa shape index (κ1) is 23.5. The molecule has 1 aliphatic carbocycles. The van der Waals surface area contributed by atoms with E-state index < -0.39 is 0 Å². The zero-order valence-corrected chi connectivity index (χ0v) is 20.4. The van der Waals surface area contributed by atoms with E-state index in [9.17, 15) is 4.79 Å². The minimum absolute atomic E-state index is 0.193. The molecule has 0 radical (unpaired) electrons. The molecule has 0 bridgehead atoms. The monoisotopic (exact) mass is 487 g/mol. The van der Waals surface area contributed by atoms with Crippen molar-refractivity contribution in [2.75, 3.05) is 19.5 Å². The first-order chi connectivity index (χ1) is 17.5. The van der Waals surface area contributed by atoms with Crippen LogP contribution in [0.3, 0.4) is 0 Å². The van der Waals surface area contributed by atoms with Crippen molar-refractivity contribution in [3.63, 3.8) is 0 Å². The van der Waals surface area contributed by atoms with Gasteiger partial charge >= 0.3 is 0 Å². The second-order valence-electron chi connectivity index (χ2n) is 8.98. The van der Waals surface area contributed by atoms with Gasteiger partial charge in [-0.3, -0.25) is 4.79 Å². The molecule has 0 aromatic carbocycles. The van der Waals surface area contributed by atoms with E-state index in [2.05, 4.69) is 25.4 Å². The number of nitrogens with zero attached hydrogens (tertiary/aromatic N) is 5. The predicted octanol–water partition coefficient (Wildman–Crippen LogP) is 3.58. The fourth-order valence-corrected chi connectivity index (χ4v) is 4.59. The molecular formula is C26H29N7O3. The second kappa shape index (κ2) is 10.2. The molecule has 4 heterocycles. The number of methoxy groups -OCH3 is 1. The van der Waals surface area contributed by atoms with Gasteiger partial charge in [0.25, 0.3) is 5.91 Å². The molecular weight excluding hydrogens is 458 g/mol. The van der Waals surface area contributed by atoms with Crippen molar-refractivity contribution in [3.05, 3.63) is 59.5 Å². The molecule has 0 spiro atoms. The zero-order valence-electron chi connectivity index (χ0n) is 20.4. The number of aryl methyl sites for hydroxylation is 1. The van der Waals surface area contributed by atoms with Crippen molar-refractivity contribution in [2.45, 2.75) is 39.2 Å². The number of hydrogen-bond donors (Lipinski definition) is 2. The lowest BCUT2D eigenvalue weighted by Crippen LogP contribution is -2.24. The van der Waals surface area contributed by atoms with E-state index in [1.807, 2.05) is 31.2 Å². The van der Waals surface area contributed by atoms with Crippen molar-refractivity contribution < 1.29 is 14.3 Å². The van der Waals surface area contributed by atoms with E-state index in [1.165, 1.54) is 32.8 Å². The summed E-state index contributed by atoms with van der Waals surface area (Å²) in [5.74, 6) is 1.27. The number of anilines is 1. The molecule has 0 unspecified atom stereocenters. The van der Waals surface area contributed by atoms with E-state index in [-0.39, 0.29) is 24.3 Å². The number of fused-ring (bicyclic) bond motifs is 1. The smallest absolute Gasteiger partial charge is 0.257 e. The lowest BCUT2D eigenvalue weighted by Gasteiger charge is -2.15. The maximum Gasteiger partial charge on any atom is 0.257 e. The summed E-state index contributed by atoms with van der Waals surface area (Å²) in [5.41, 5.74) is 9.81. The number of carbonyl (C=O) groups excluding carboxylic acids is 1. The molecule has 10 heteroatoms. The Morgan fingerprint density at radius 3 is 2.83 bits per heavy atom. The summed E-state index contributed by atoms with van der Waals surface area (Å²) in [7, 11) is 1.50. The van der Waals surface area contributed by atoms with Gasteiger partial charge in [-0.1, -0.05) is 18.9 Å². The van der Waals surface area contributed by atoms with Gasteiger partial charge in [-0.2, -0.15) is 4.98 Å². The quantitative estimate of drug-likeness (QED) is 0.386. The summed E-state index contributed by atoms with van der Waals surface area (Å²) < 4.78 is 13.0. The van der Waals surface area contributed by atoms with Crippen LogP contribution >= 0.6 is 0 Å². The molecule has 186 valence electrons. The summed E-state index contributed by atoms with van der Waals surface area (Å²) in [6, 6.07) is 9.26. The maximum absolute atomic E-state index is 13.3. The summed E-state index contributed by atoms with van der Waals surface area (Å²) in [6.07, 6.45) is 8.38. The van der Waals surface area contributed by atoms with Gasteiger partial charge in [-0.15, -0.1) is 5.10 Å². The van der Waals surface area contributed by atoms with Gasteiger partial charge in [-0.05, 0) is 55.5 Å². The number of nitrogen functional groups attached to an aromatic ring is 1. The SMILES string of the molecule is COc1nc(C)c(-c2ccn3nc(N)nc3c2)cc1C(=O)NCc1cccnc1OCC1CCCC1. The number of amides is 1. The molecule has 0 atom stereocenters. The van der Waals surface area contributed by atoms with Crippen molar-refractivity contribution >= 4 is 17.5 Å². The Morgan fingerprint density at radius 1 is 1.19 bits per heavy atom. The van der Waals surface area contributed by atoms with Crippen LogP contribution in [0.15, 0.2) is 42.7 Å². The molecule has 10 nitrogen and oxygen atoms in total. The molecule has 4 aromatic heterocycles. The van der Waals surface area contributed by atoms with Gasteiger partial charge in [0.1, 0.15) is 5.56 Å². The average molecular weight is 488 g/mol. The molecule has 1 aliphatic rings. The lowest BCUT2D eigenvalue weighted by molar-refractivity contribution is 0.0946. The van der Waals surface area contributed by atoms with Gasteiger partial charge in [0.2, 0.25) is 17.7 Å². The van der Waals surface area contributed by atoms with Crippen LogP contribution in [0.25, 0.3) is 16.8 Å². The summed E-state index contributed by atoms with van der Waals surface area (Å²) >= 11 is 0. The number of nitrogens with one attached hydrogen (secondary N) is 1. The summed E-state index contributed by atoms with van der Waals surface area (Å²) in [4.78, 5) is 26.4. The molecule has 36 heavy (non-hydrogen) atoms. The number of rotatable bonds is 8. The number of aromatic nitrogens is 5. The van der Waals surface area contributed by atoms with Crippen LogP contribution in [-0.2, 0) is 6.54 Å². The van der Waals surface area contributed by atoms with Gasteiger partial charge in [-0.25, -0.2) is 14.5 Å². The third-order valence-corrected chi connectivity index (χ3v) is 6.50. The van der Waals surface area contributed by atoms with E-state index in [0.717, 1.165) is 22.4 Å². The van der Waals surface area contributed by atoms with Gasteiger partial charge < -0.3 is 20.5 Å². The lowest BCUT2D eigenvalue weighted by atomic mass is 10.0. The van der Waals surface area contributed by atoms with Crippen LogP contribution in [0.4, 0.5) is 5.95 Å². The molecule has 0 aliphatic heterocycles. The minimum Gasteiger partial charge on any atom is -0.480 e. The normalized spacial score (nSPS) is 13.7. The standard InChI is InChI=1S/C26H29N7O3/c1-16-20(18-9-11-33-22(12-18)31-26(27)32-33)13-21(25(30-16)35-2)23(34)29-14-19-8-5-10-28-24(19)36-15-17-6-3-4-7-17/h5,8-13,17H,3-4,6-7,14-15H2,1-2H3,(H2,27,32)(H,29,34). The highest BCUT2D eigenvalue weighted by atomic mass is 16.5. The highest BCUT2D eigenvalue weighted by Crippen LogP contribution is 2.29. The molecule has 5 rings (SSSR count). The fourth-order valence-electron chi connectivity index (χ4n) is 4.59. The Bertz CT molecular complexity index is 1400. The van der Waals surface area contributed by atoms with Crippen molar-refractivity contribution in [3.8, 4) is 22.9 Å². The number of carbonyl (C=O) groups is 1. The van der Waals surface area contributed by atoms with Gasteiger partial charge in [0.05, 0.1) is 13.7 Å². The van der Waals surface area contributed by atoms with Crippen LogP contribution in [0.5, 0.6) is 11.8 Å². The highest BCUT2D eigenvalue weighted by Gasteiger charge is 2.20. The largest absolute Gasteiger partial charge is 0.480 e. The number of hydrogen-bond acceptors (Lipinski definition) is 8. The minimum atomic E-state index is -0.306. The van der Waals surface area contributed by atoms with Crippen LogP contribution in [0.2, 0.25) is 0 Å². The van der Waals surface area contributed by atoms with Crippen LogP contribution in [0, 0.1) is 12.8 Å². The third-order valence-electron chi connectivity index (χ3n) is 6.50. The van der Waals surface area contributed by atoms with Crippen molar-refractivity contribution in [1.29, 1.82) is 0 Å². The Kier molecular flexibility index (Phi) is 6.66. The maximum atomic E-state index is 13.3. The van der Waals surface area contributed by atoms with E-state index in [4.69, 9.17) is 15.2 Å². The summed E-state index contributed by atoms with van der Waals surface area (Å²) in [5, 5.41) is 7.07. The molecule has 1 saturated carbocycles. The Hall–Kier alpha value is -4.21. The predicted molar refractivity (Wildman–Crippen MR) is 135 cm³/mol. The number of pyridine rings is 3. The molecule has 1 amide bonds. The Morgan fingerprint density at radius 2 is 2.03 bits per heavy atom. The first-order valence-electron chi connectivity index (χ1n) is 12.0.